The molecular weight excluding hydrogens is 366 g/mol. The number of rotatable bonds is 5. The molecule has 1 N–H and O–H groups in total. The monoisotopic (exact) mass is 391 g/mol. The average molecular weight is 391 g/mol. The molecule has 3 aromatic rings. The molecule has 150 valence electrons. The standard InChI is InChI=1S/C22H25N5O2/c1-16-5-2-3-7-19(16)27-20(24-25-22(27)29)13-17-8-11-26(12-9-17)21(28)14-18-6-4-10-23-15-18/h2-7,10,15,17H,8-9,11-14H2,1H3,(H,25,29). The number of nitrogens with one attached hydrogen (secondary N) is 1. The number of likely N-dealkylation sites (tertiary alicyclic amines) is 1. The summed E-state index contributed by atoms with van der Waals surface area (Å²) in [4.78, 5) is 30.9. The Kier molecular flexibility index (Phi) is 5.55. The number of hydrogen-bond acceptors (Lipinski definition) is 4. The lowest BCUT2D eigenvalue weighted by Crippen LogP contribution is -2.40. The van der Waals surface area contributed by atoms with Gasteiger partial charge in [-0.25, -0.2) is 14.5 Å². The van der Waals surface area contributed by atoms with E-state index in [1.165, 1.54) is 0 Å². The summed E-state index contributed by atoms with van der Waals surface area (Å²) in [6, 6.07) is 11.6. The van der Waals surface area contributed by atoms with Gasteiger partial charge in [0.05, 0.1) is 12.1 Å². The normalized spacial score (nSPS) is 14.9. The van der Waals surface area contributed by atoms with Crippen molar-refractivity contribution in [2.75, 3.05) is 13.1 Å². The van der Waals surface area contributed by atoms with Gasteiger partial charge in [0.15, 0.2) is 0 Å². The van der Waals surface area contributed by atoms with Crippen LogP contribution in [0.2, 0.25) is 0 Å². The van der Waals surface area contributed by atoms with E-state index in [0.29, 0.717) is 12.3 Å². The molecule has 1 fully saturated rings. The van der Waals surface area contributed by atoms with Crippen molar-refractivity contribution in [3.8, 4) is 5.69 Å². The number of aryl methyl sites for hydroxylation is 1. The van der Waals surface area contributed by atoms with Crippen molar-refractivity contribution >= 4 is 5.91 Å². The number of benzene rings is 1. The Morgan fingerprint density at radius 3 is 2.69 bits per heavy atom. The highest BCUT2D eigenvalue weighted by atomic mass is 16.2. The Bertz CT molecular complexity index is 1030. The number of hydrogen-bond donors (Lipinski definition) is 1. The van der Waals surface area contributed by atoms with Gasteiger partial charge in [-0.05, 0) is 48.9 Å². The van der Waals surface area contributed by atoms with Crippen molar-refractivity contribution in [2.45, 2.75) is 32.6 Å². The Morgan fingerprint density at radius 1 is 1.17 bits per heavy atom. The summed E-state index contributed by atoms with van der Waals surface area (Å²) in [5.41, 5.74) is 2.63. The molecule has 7 heteroatoms. The third kappa shape index (κ3) is 4.29. The molecule has 3 heterocycles. The van der Waals surface area contributed by atoms with Crippen LogP contribution in [0.25, 0.3) is 5.69 Å². The van der Waals surface area contributed by atoms with Crippen LogP contribution in [0.5, 0.6) is 0 Å². The third-order valence-corrected chi connectivity index (χ3v) is 5.61. The Labute approximate surface area is 169 Å². The molecule has 0 aliphatic carbocycles. The number of para-hydroxylation sites is 1. The molecule has 1 saturated heterocycles. The average Bonchev–Trinajstić information content (AvgIpc) is 3.09. The van der Waals surface area contributed by atoms with Crippen LogP contribution in [0.1, 0.15) is 29.8 Å². The molecule has 0 spiro atoms. The lowest BCUT2D eigenvalue weighted by molar-refractivity contribution is -0.131. The Hall–Kier alpha value is -3.22. The van der Waals surface area contributed by atoms with Crippen LogP contribution < -0.4 is 5.69 Å². The molecule has 0 radical (unpaired) electrons. The predicted octanol–water partition coefficient (Wildman–Crippen LogP) is 2.29. The molecule has 0 bridgehead atoms. The Balaban J connectivity index is 1.39. The van der Waals surface area contributed by atoms with Crippen LogP contribution in [0.4, 0.5) is 0 Å². The SMILES string of the molecule is Cc1ccccc1-n1c(CC2CCN(C(=O)Cc3cccnc3)CC2)n[nH]c1=O. The molecule has 7 nitrogen and oxygen atoms in total. The van der Waals surface area contributed by atoms with Gasteiger partial charge in [0.2, 0.25) is 5.91 Å². The summed E-state index contributed by atoms with van der Waals surface area (Å²) >= 11 is 0. The van der Waals surface area contributed by atoms with E-state index in [9.17, 15) is 9.59 Å². The lowest BCUT2D eigenvalue weighted by atomic mass is 9.93. The number of amides is 1. The molecule has 4 rings (SSSR count). The molecule has 2 aromatic heterocycles. The quantitative estimate of drug-likeness (QED) is 0.723. The summed E-state index contributed by atoms with van der Waals surface area (Å²) in [6.07, 6.45) is 6.39. The van der Waals surface area contributed by atoms with Crippen LogP contribution in [-0.4, -0.2) is 43.6 Å². The fourth-order valence-electron chi connectivity index (χ4n) is 3.96. The van der Waals surface area contributed by atoms with E-state index < -0.39 is 0 Å². The van der Waals surface area contributed by atoms with Gasteiger partial charge in [-0.2, -0.15) is 5.10 Å². The third-order valence-electron chi connectivity index (χ3n) is 5.61. The van der Waals surface area contributed by atoms with Crippen LogP contribution in [0.3, 0.4) is 0 Å². The van der Waals surface area contributed by atoms with Crippen LogP contribution >= 0.6 is 0 Å². The van der Waals surface area contributed by atoms with Gasteiger partial charge in [-0.3, -0.25) is 9.78 Å². The summed E-state index contributed by atoms with van der Waals surface area (Å²) < 4.78 is 1.68. The second kappa shape index (κ2) is 8.43. The van der Waals surface area contributed by atoms with E-state index in [1.54, 1.807) is 17.0 Å². The Morgan fingerprint density at radius 2 is 1.97 bits per heavy atom. The molecule has 1 aromatic carbocycles. The first-order valence-electron chi connectivity index (χ1n) is 10.0. The zero-order chi connectivity index (χ0) is 20.2. The van der Waals surface area contributed by atoms with Crippen molar-refractivity contribution in [2.24, 2.45) is 5.92 Å². The number of carbonyl (C=O) groups is 1. The van der Waals surface area contributed by atoms with E-state index in [1.807, 2.05) is 48.2 Å². The molecule has 1 aliphatic heterocycles. The first-order valence-corrected chi connectivity index (χ1v) is 10.0. The van der Waals surface area contributed by atoms with E-state index in [2.05, 4.69) is 15.2 Å². The molecule has 0 unspecified atom stereocenters. The van der Waals surface area contributed by atoms with E-state index in [4.69, 9.17) is 0 Å². The maximum Gasteiger partial charge on any atom is 0.347 e. The number of aromatic nitrogens is 4. The predicted molar refractivity (Wildman–Crippen MR) is 110 cm³/mol. The van der Waals surface area contributed by atoms with Gasteiger partial charge in [0, 0.05) is 31.9 Å². The number of piperidine rings is 1. The molecule has 0 atom stereocenters. The van der Waals surface area contributed by atoms with E-state index >= 15 is 0 Å². The summed E-state index contributed by atoms with van der Waals surface area (Å²) in [5, 5.41) is 6.87. The minimum Gasteiger partial charge on any atom is -0.342 e. The van der Waals surface area contributed by atoms with Crippen molar-refractivity contribution in [3.05, 3.63) is 76.2 Å². The number of pyridine rings is 1. The summed E-state index contributed by atoms with van der Waals surface area (Å²) in [7, 11) is 0. The number of aromatic amines is 1. The molecular formula is C22H25N5O2. The first-order chi connectivity index (χ1) is 14.1. The first kappa shape index (κ1) is 19.1. The zero-order valence-corrected chi connectivity index (χ0v) is 16.5. The van der Waals surface area contributed by atoms with Crippen molar-refractivity contribution in [1.82, 2.24) is 24.6 Å². The van der Waals surface area contributed by atoms with Crippen LogP contribution in [-0.2, 0) is 17.6 Å². The lowest BCUT2D eigenvalue weighted by Gasteiger charge is -2.32. The van der Waals surface area contributed by atoms with Crippen molar-refractivity contribution in [1.29, 1.82) is 0 Å². The van der Waals surface area contributed by atoms with Gasteiger partial charge in [0.1, 0.15) is 5.82 Å². The van der Waals surface area contributed by atoms with Gasteiger partial charge in [0.25, 0.3) is 0 Å². The van der Waals surface area contributed by atoms with Crippen molar-refractivity contribution in [3.63, 3.8) is 0 Å². The van der Waals surface area contributed by atoms with E-state index in [-0.39, 0.29) is 11.6 Å². The second-order valence-electron chi connectivity index (χ2n) is 7.63. The largest absolute Gasteiger partial charge is 0.347 e. The summed E-state index contributed by atoms with van der Waals surface area (Å²) in [5.74, 6) is 1.30. The van der Waals surface area contributed by atoms with Gasteiger partial charge in [-0.15, -0.1) is 0 Å². The highest BCUT2D eigenvalue weighted by Gasteiger charge is 2.25. The minimum atomic E-state index is -0.210. The molecule has 1 amide bonds. The number of carbonyl (C=O) groups excluding carboxylic acids is 1. The van der Waals surface area contributed by atoms with Crippen LogP contribution in [0.15, 0.2) is 53.6 Å². The maximum absolute atomic E-state index is 12.5. The van der Waals surface area contributed by atoms with Crippen molar-refractivity contribution < 1.29 is 4.79 Å². The highest BCUT2D eigenvalue weighted by Crippen LogP contribution is 2.23. The van der Waals surface area contributed by atoms with Gasteiger partial charge < -0.3 is 4.90 Å². The maximum atomic E-state index is 12.5. The minimum absolute atomic E-state index is 0.146. The highest BCUT2D eigenvalue weighted by molar-refractivity contribution is 5.78. The fraction of sp³-hybridized carbons (Fsp3) is 0.364. The topological polar surface area (TPSA) is 83.9 Å². The van der Waals surface area contributed by atoms with E-state index in [0.717, 1.165) is 55.0 Å². The number of H-pyrrole nitrogens is 1. The molecule has 0 saturated carbocycles. The van der Waals surface area contributed by atoms with Gasteiger partial charge in [-0.1, -0.05) is 24.3 Å². The van der Waals surface area contributed by atoms with Gasteiger partial charge >= 0.3 is 5.69 Å². The smallest absolute Gasteiger partial charge is 0.342 e. The second-order valence-corrected chi connectivity index (χ2v) is 7.63. The molecule has 1 aliphatic rings. The summed E-state index contributed by atoms with van der Waals surface area (Å²) in [6.45, 7) is 3.47. The number of nitrogens with zero attached hydrogens (tertiary/aromatic N) is 4. The zero-order valence-electron chi connectivity index (χ0n) is 16.5. The van der Waals surface area contributed by atoms with Crippen LogP contribution in [0, 0.1) is 12.8 Å². The fourth-order valence-corrected chi connectivity index (χ4v) is 3.96. The molecule has 29 heavy (non-hydrogen) atoms.